The van der Waals surface area contributed by atoms with Gasteiger partial charge < -0.3 is 10.0 Å². The number of hydrogen-bond donors (Lipinski definition) is 1. The average Bonchev–Trinajstić information content (AvgIpc) is 2.28. The molecule has 0 aliphatic carbocycles. The number of aliphatic hydroxyl groups is 1. The van der Waals surface area contributed by atoms with E-state index in [-0.39, 0.29) is 0 Å². The van der Waals surface area contributed by atoms with Gasteiger partial charge in [0.2, 0.25) is 0 Å². The molecule has 0 unspecified atom stereocenters. The van der Waals surface area contributed by atoms with Crippen molar-refractivity contribution >= 4 is 17.3 Å². The molecular formula is C14H18ClNO. The summed E-state index contributed by atoms with van der Waals surface area (Å²) >= 11 is 6.22. The summed E-state index contributed by atoms with van der Waals surface area (Å²) in [4.78, 5) is 2.06. The summed E-state index contributed by atoms with van der Waals surface area (Å²) in [5.74, 6) is 2.63. The smallest absolute Gasteiger partial charge is 0.0792 e. The summed E-state index contributed by atoms with van der Waals surface area (Å²) < 4.78 is 0. The first-order valence-corrected chi connectivity index (χ1v) is 6.13. The average molecular weight is 252 g/mol. The molecular weight excluding hydrogens is 234 g/mol. The van der Waals surface area contributed by atoms with Gasteiger partial charge in [-0.1, -0.05) is 30.5 Å². The number of aliphatic hydroxyl groups excluding tert-OH is 1. The van der Waals surface area contributed by atoms with Crippen LogP contribution in [0.15, 0.2) is 18.2 Å². The molecule has 0 saturated heterocycles. The molecule has 1 aromatic carbocycles. The highest BCUT2D eigenvalue weighted by Gasteiger charge is 2.10. The Balaban J connectivity index is 3.00. The zero-order valence-corrected chi connectivity index (χ0v) is 11.0. The first kappa shape index (κ1) is 13.9. The van der Waals surface area contributed by atoms with Crippen LogP contribution in [0, 0.1) is 12.3 Å². The van der Waals surface area contributed by atoms with Crippen LogP contribution < -0.4 is 4.90 Å². The number of anilines is 1. The minimum atomic E-state index is -0.506. The maximum absolute atomic E-state index is 9.48. The summed E-state index contributed by atoms with van der Waals surface area (Å²) in [5, 5.41) is 10.1. The Labute approximate surface area is 108 Å². The summed E-state index contributed by atoms with van der Waals surface area (Å²) in [6.45, 7) is 5.23. The number of halogens is 1. The van der Waals surface area contributed by atoms with Gasteiger partial charge in [0.15, 0.2) is 0 Å². The fourth-order valence-electron chi connectivity index (χ4n) is 1.70. The minimum Gasteiger partial charge on any atom is -0.389 e. The third kappa shape index (κ3) is 3.66. The van der Waals surface area contributed by atoms with Gasteiger partial charge in [0, 0.05) is 6.54 Å². The first-order valence-electron chi connectivity index (χ1n) is 5.76. The molecule has 17 heavy (non-hydrogen) atoms. The minimum absolute atomic E-state index is 0.506. The van der Waals surface area contributed by atoms with Crippen LogP contribution in [-0.2, 0) is 0 Å². The van der Waals surface area contributed by atoms with Crippen LogP contribution in [0.1, 0.15) is 31.9 Å². The van der Waals surface area contributed by atoms with Crippen LogP contribution in [0.2, 0.25) is 5.02 Å². The van der Waals surface area contributed by atoms with Gasteiger partial charge in [-0.15, -0.1) is 6.42 Å². The molecule has 0 heterocycles. The molecule has 1 atom stereocenters. The van der Waals surface area contributed by atoms with Crippen LogP contribution in [0.5, 0.6) is 0 Å². The zero-order valence-electron chi connectivity index (χ0n) is 10.3. The van der Waals surface area contributed by atoms with Crippen molar-refractivity contribution in [1.82, 2.24) is 0 Å². The SMILES string of the molecule is C#CCN(CCC)c1ccc([C@H](C)O)cc1Cl. The summed E-state index contributed by atoms with van der Waals surface area (Å²) in [5.41, 5.74) is 1.74. The Morgan fingerprint density at radius 1 is 1.53 bits per heavy atom. The fourth-order valence-corrected chi connectivity index (χ4v) is 2.01. The topological polar surface area (TPSA) is 23.5 Å². The van der Waals surface area contributed by atoms with Gasteiger partial charge >= 0.3 is 0 Å². The molecule has 0 saturated carbocycles. The third-order valence-electron chi connectivity index (χ3n) is 2.57. The van der Waals surface area contributed by atoms with E-state index in [9.17, 15) is 5.11 Å². The van der Waals surface area contributed by atoms with Crippen molar-refractivity contribution in [3.8, 4) is 12.3 Å². The maximum atomic E-state index is 9.48. The molecule has 0 fully saturated rings. The second kappa shape index (κ2) is 6.54. The molecule has 92 valence electrons. The number of terminal acetylenes is 1. The van der Waals surface area contributed by atoms with Gasteiger partial charge in [-0.05, 0) is 31.0 Å². The van der Waals surface area contributed by atoms with Crippen LogP contribution in [0.4, 0.5) is 5.69 Å². The van der Waals surface area contributed by atoms with Crippen LogP contribution in [0.3, 0.4) is 0 Å². The van der Waals surface area contributed by atoms with Gasteiger partial charge in [-0.2, -0.15) is 0 Å². The van der Waals surface area contributed by atoms with Crippen molar-refractivity contribution in [2.75, 3.05) is 18.0 Å². The monoisotopic (exact) mass is 251 g/mol. The molecule has 1 N–H and O–H groups in total. The van der Waals surface area contributed by atoms with E-state index >= 15 is 0 Å². The van der Waals surface area contributed by atoms with E-state index in [1.165, 1.54) is 0 Å². The van der Waals surface area contributed by atoms with Crippen molar-refractivity contribution in [1.29, 1.82) is 0 Å². The number of rotatable bonds is 5. The van der Waals surface area contributed by atoms with Crippen molar-refractivity contribution < 1.29 is 5.11 Å². The molecule has 0 bridgehead atoms. The lowest BCUT2D eigenvalue weighted by Crippen LogP contribution is -2.24. The first-order chi connectivity index (χ1) is 8.10. The maximum Gasteiger partial charge on any atom is 0.0792 e. The van der Waals surface area contributed by atoms with E-state index in [1.807, 2.05) is 12.1 Å². The van der Waals surface area contributed by atoms with Crippen molar-refractivity contribution in [2.45, 2.75) is 26.4 Å². The van der Waals surface area contributed by atoms with Gasteiger partial charge in [-0.25, -0.2) is 0 Å². The van der Waals surface area contributed by atoms with Gasteiger partial charge in [-0.3, -0.25) is 0 Å². The van der Waals surface area contributed by atoms with Gasteiger partial charge in [0.25, 0.3) is 0 Å². The highest BCUT2D eigenvalue weighted by Crippen LogP contribution is 2.29. The van der Waals surface area contributed by atoms with E-state index in [0.717, 1.165) is 24.2 Å². The van der Waals surface area contributed by atoms with Crippen molar-refractivity contribution in [3.05, 3.63) is 28.8 Å². The number of benzene rings is 1. The van der Waals surface area contributed by atoms with E-state index in [4.69, 9.17) is 18.0 Å². The normalized spacial score (nSPS) is 11.9. The molecule has 0 aliphatic rings. The molecule has 2 nitrogen and oxygen atoms in total. The number of nitrogens with zero attached hydrogens (tertiary/aromatic N) is 1. The highest BCUT2D eigenvalue weighted by atomic mass is 35.5. The van der Waals surface area contributed by atoms with E-state index in [0.29, 0.717) is 11.6 Å². The quantitative estimate of drug-likeness (QED) is 0.813. The Morgan fingerprint density at radius 2 is 2.24 bits per heavy atom. The Kier molecular flexibility index (Phi) is 5.34. The lowest BCUT2D eigenvalue weighted by atomic mass is 10.1. The lowest BCUT2D eigenvalue weighted by Gasteiger charge is -2.23. The molecule has 0 aromatic heterocycles. The molecule has 0 aliphatic heterocycles. The largest absolute Gasteiger partial charge is 0.389 e. The molecule has 1 rings (SSSR count). The fraction of sp³-hybridized carbons (Fsp3) is 0.429. The summed E-state index contributed by atoms with van der Waals surface area (Å²) in [7, 11) is 0. The van der Waals surface area contributed by atoms with Gasteiger partial charge in [0.05, 0.1) is 23.4 Å². The Morgan fingerprint density at radius 3 is 2.71 bits per heavy atom. The second-order valence-electron chi connectivity index (χ2n) is 4.01. The Bertz CT molecular complexity index is 409. The number of hydrogen-bond acceptors (Lipinski definition) is 2. The molecule has 1 aromatic rings. The predicted octanol–water partition coefficient (Wildman–Crippen LogP) is 3.24. The zero-order chi connectivity index (χ0) is 12.8. The molecule has 0 spiro atoms. The summed E-state index contributed by atoms with van der Waals surface area (Å²) in [6.07, 6.45) is 5.85. The standard InChI is InChI=1S/C14H18ClNO/c1-4-8-16(9-5-2)14-7-6-12(11(3)17)10-13(14)15/h1,6-7,10-11,17H,5,8-9H2,2-3H3/t11-/m0/s1. The summed E-state index contributed by atoms with van der Waals surface area (Å²) in [6, 6.07) is 5.59. The predicted molar refractivity (Wildman–Crippen MR) is 73.4 cm³/mol. The Hall–Kier alpha value is -1.17. The van der Waals surface area contributed by atoms with E-state index in [1.54, 1.807) is 13.0 Å². The third-order valence-corrected chi connectivity index (χ3v) is 2.87. The van der Waals surface area contributed by atoms with Crippen molar-refractivity contribution in [2.24, 2.45) is 0 Å². The molecule has 0 radical (unpaired) electrons. The molecule has 0 amide bonds. The van der Waals surface area contributed by atoms with E-state index in [2.05, 4.69) is 17.7 Å². The van der Waals surface area contributed by atoms with Crippen LogP contribution in [0.25, 0.3) is 0 Å². The second-order valence-corrected chi connectivity index (χ2v) is 4.42. The molecule has 3 heteroatoms. The van der Waals surface area contributed by atoms with Crippen molar-refractivity contribution in [3.63, 3.8) is 0 Å². The van der Waals surface area contributed by atoms with Crippen LogP contribution >= 0.6 is 11.6 Å². The van der Waals surface area contributed by atoms with Gasteiger partial charge in [0.1, 0.15) is 0 Å². The lowest BCUT2D eigenvalue weighted by molar-refractivity contribution is 0.199. The van der Waals surface area contributed by atoms with Crippen LogP contribution in [-0.4, -0.2) is 18.2 Å². The highest BCUT2D eigenvalue weighted by molar-refractivity contribution is 6.33. The van der Waals surface area contributed by atoms with E-state index < -0.39 is 6.10 Å².